The van der Waals surface area contributed by atoms with Crippen molar-refractivity contribution in [2.75, 3.05) is 6.54 Å². The van der Waals surface area contributed by atoms with Crippen LogP contribution in [-0.4, -0.2) is 19.9 Å². The highest BCUT2D eigenvalue weighted by molar-refractivity contribution is 9.11. The average Bonchev–Trinajstić information content (AvgIpc) is 2.86. The van der Waals surface area contributed by atoms with Crippen LogP contribution >= 0.6 is 43.2 Å². The lowest BCUT2D eigenvalue weighted by Gasteiger charge is -2.10. The van der Waals surface area contributed by atoms with E-state index >= 15 is 0 Å². The molecule has 1 heterocycles. The standard InChI is InChI=1S/C12H12Br2N2O2S2/c1-8-6-10(14)11(7-9(8)13)20(17,18)16-3-2-12-15-4-5-19-12/h4-7,16H,2-3H2,1H3. The molecule has 0 aliphatic heterocycles. The first kappa shape index (κ1) is 16.1. The third-order valence-corrected chi connectivity index (χ3v) is 6.73. The Morgan fingerprint density at radius 1 is 1.30 bits per heavy atom. The van der Waals surface area contributed by atoms with E-state index in [-0.39, 0.29) is 4.90 Å². The highest BCUT2D eigenvalue weighted by atomic mass is 79.9. The molecular weight excluding hydrogens is 428 g/mol. The van der Waals surface area contributed by atoms with Crippen molar-refractivity contribution in [3.8, 4) is 0 Å². The molecule has 4 nitrogen and oxygen atoms in total. The number of hydrogen-bond donors (Lipinski definition) is 1. The van der Waals surface area contributed by atoms with Gasteiger partial charge in [0.05, 0.1) is 9.90 Å². The summed E-state index contributed by atoms with van der Waals surface area (Å²) in [6, 6.07) is 3.38. The SMILES string of the molecule is Cc1cc(Br)c(S(=O)(=O)NCCc2nccs2)cc1Br. The van der Waals surface area contributed by atoms with Crippen LogP contribution in [0.25, 0.3) is 0 Å². The second kappa shape index (κ2) is 6.65. The van der Waals surface area contributed by atoms with Gasteiger partial charge in [-0.25, -0.2) is 18.1 Å². The lowest BCUT2D eigenvalue weighted by Crippen LogP contribution is -2.26. The average molecular weight is 440 g/mol. The summed E-state index contributed by atoms with van der Waals surface area (Å²) in [5.41, 5.74) is 0.971. The summed E-state index contributed by atoms with van der Waals surface area (Å²) in [5.74, 6) is 0. The minimum atomic E-state index is -3.53. The molecule has 0 spiro atoms. The number of aromatic nitrogens is 1. The predicted molar refractivity (Wildman–Crippen MR) is 87.6 cm³/mol. The molecule has 20 heavy (non-hydrogen) atoms. The third-order valence-electron chi connectivity index (χ3n) is 2.62. The van der Waals surface area contributed by atoms with Gasteiger partial charge in [-0.1, -0.05) is 15.9 Å². The van der Waals surface area contributed by atoms with Crippen molar-refractivity contribution < 1.29 is 8.42 Å². The molecule has 0 unspecified atom stereocenters. The molecule has 8 heteroatoms. The maximum absolute atomic E-state index is 12.3. The van der Waals surface area contributed by atoms with Crippen molar-refractivity contribution in [3.05, 3.63) is 43.2 Å². The molecule has 0 amide bonds. The predicted octanol–water partition coefficient (Wildman–Crippen LogP) is 3.50. The van der Waals surface area contributed by atoms with Gasteiger partial charge in [-0.05, 0) is 40.5 Å². The van der Waals surface area contributed by atoms with E-state index in [0.717, 1.165) is 15.0 Å². The Bertz CT molecular complexity index is 700. The quantitative estimate of drug-likeness (QED) is 0.775. The fraction of sp³-hybridized carbons (Fsp3) is 0.250. The van der Waals surface area contributed by atoms with Gasteiger partial charge in [0, 0.05) is 33.5 Å². The van der Waals surface area contributed by atoms with E-state index in [4.69, 9.17) is 0 Å². The van der Waals surface area contributed by atoms with E-state index in [1.807, 2.05) is 12.3 Å². The fourth-order valence-electron chi connectivity index (χ4n) is 1.58. The molecule has 0 saturated heterocycles. The number of halogens is 2. The minimum absolute atomic E-state index is 0.231. The zero-order valence-corrected chi connectivity index (χ0v) is 15.4. The van der Waals surface area contributed by atoms with E-state index in [0.29, 0.717) is 17.4 Å². The van der Waals surface area contributed by atoms with Gasteiger partial charge < -0.3 is 0 Å². The summed E-state index contributed by atoms with van der Waals surface area (Å²) in [6.45, 7) is 2.23. The van der Waals surface area contributed by atoms with E-state index < -0.39 is 10.0 Å². The summed E-state index contributed by atoms with van der Waals surface area (Å²) < 4.78 is 28.4. The van der Waals surface area contributed by atoms with Crippen LogP contribution in [0.4, 0.5) is 0 Å². The van der Waals surface area contributed by atoms with Crippen LogP contribution in [-0.2, 0) is 16.4 Å². The molecule has 0 aliphatic rings. The largest absolute Gasteiger partial charge is 0.250 e. The van der Waals surface area contributed by atoms with Crippen molar-refractivity contribution in [2.45, 2.75) is 18.2 Å². The van der Waals surface area contributed by atoms with Gasteiger partial charge in [0.2, 0.25) is 10.0 Å². The molecule has 0 atom stereocenters. The maximum Gasteiger partial charge on any atom is 0.241 e. The summed E-state index contributed by atoms with van der Waals surface area (Å²) in [5, 5.41) is 2.79. The smallest absolute Gasteiger partial charge is 0.241 e. The van der Waals surface area contributed by atoms with Gasteiger partial charge in [-0.15, -0.1) is 11.3 Å². The van der Waals surface area contributed by atoms with Gasteiger partial charge in [-0.3, -0.25) is 0 Å². The Morgan fingerprint density at radius 2 is 2.05 bits per heavy atom. The topological polar surface area (TPSA) is 59.1 Å². The first-order chi connectivity index (χ1) is 9.40. The number of rotatable bonds is 5. The Labute approximate surface area is 138 Å². The highest BCUT2D eigenvalue weighted by Gasteiger charge is 2.18. The van der Waals surface area contributed by atoms with Crippen LogP contribution in [0.2, 0.25) is 0 Å². The molecule has 2 aromatic rings. The number of thiazole rings is 1. The third kappa shape index (κ3) is 3.88. The number of sulfonamides is 1. The second-order valence-electron chi connectivity index (χ2n) is 4.11. The zero-order valence-electron chi connectivity index (χ0n) is 10.6. The Hall–Kier alpha value is -0.280. The zero-order chi connectivity index (χ0) is 14.8. The lowest BCUT2D eigenvalue weighted by atomic mass is 10.2. The normalized spacial score (nSPS) is 11.8. The molecule has 0 aliphatic carbocycles. The monoisotopic (exact) mass is 438 g/mol. The van der Waals surface area contributed by atoms with Crippen LogP contribution in [0.1, 0.15) is 10.6 Å². The fourth-order valence-corrected chi connectivity index (χ4v) is 4.91. The van der Waals surface area contributed by atoms with Gasteiger partial charge in [0.25, 0.3) is 0 Å². The number of hydrogen-bond acceptors (Lipinski definition) is 4. The van der Waals surface area contributed by atoms with Crippen LogP contribution in [0.3, 0.4) is 0 Å². The van der Waals surface area contributed by atoms with Crippen molar-refractivity contribution in [1.29, 1.82) is 0 Å². The van der Waals surface area contributed by atoms with Gasteiger partial charge >= 0.3 is 0 Å². The second-order valence-corrected chi connectivity index (χ2v) is 8.53. The van der Waals surface area contributed by atoms with Crippen LogP contribution in [0.15, 0.2) is 37.6 Å². The first-order valence-electron chi connectivity index (χ1n) is 5.74. The molecule has 0 saturated carbocycles. The van der Waals surface area contributed by atoms with Crippen LogP contribution in [0.5, 0.6) is 0 Å². The number of benzene rings is 1. The first-order valence-corrected chi connectivity index (χ1v) is 9.69. The van der Waals surface area contributed by atoms with Crippen molar-refractivity contribution in [1.82, 2.24) is 9.71 Å². The van der Waals surface area contributed by atoms with E-state index in [2.05, 4.69) is 41.6 Å². The summed E-state index contributed by atoms with van der Waals surface area (Å²) in [7, 11) is -3.53. The summed E-state index contributed by atoms with van der Waals surface area (Å²) in [6.07, 6.45) is 2.30. The van der Waals surface area contributed by atoms with Crippen LogP contribution in [0, 0.1) is 6.92 Å². The summed E-state index contributed by atoms with van der Waals surface area (Å²) in [4.78, 5) is 4.35. The molecule has 2 rings (SSSR count). The summed E-state index contributed by atoms with van der Waals surface area (Å²) >= 11 is 8.16. The molecule has 1 N–H and O–H groups in total. The van der Waals surface area contributed by atoms with E-state index in [1.54, 1.807) is 18.3 Å². The minimum Gasteiger partial charge on any atom is -0.250 e. The highest BCUT2D eigenvalue weighted by Crippen LogP contribution is 2.28. The van der Waals surface area contributed by atoms with Crippen LogP contribution < -0.4 is 4.72 Å². The van der Waals surface area contributed by atoms with E-state index in [9.17, 15) is 8.42 Å². The number of nitrogens with one attached hydrogen (secondary N) is 1. The molecule has 1 aromatic heterocycles. The molecular formula is C12H12Br2N2O2S2. The molecule has 0 fully saturated rings. The molecule has 0 bridgehead atoms. The molecule has 0 radical (unpaired) electrons. The Morgan fingerprint density at radius 3 is 2.70 bits per heavy atom. The lowest BCUT2D eigenvalue weighted by molar-refractivity contribution is 0.581. The van der Waals surface area contributed by atoms with Gasteiger partial charge in [0.15, 0.2) is 0 Å². The van der Waals surface area contributed by atoms with E-state index in [1.165, 1.54) is 11.3 Å². The van der Waals surface area contributed by atoms with Crippen molar-refractivity contribution >= 4 is 53.2 Å². The van der Waals surface area contributed by atoms with Crippen molar-refractivity contribution in [2.24, 2.45) is 0 Å². The van der Waals surface area contributed by atoms with Crippen molar-refractivity contribution in [3.63, 3.8) is 0 Å². The van der Waals surface area contributed by atoms with Gasteiger partial charge in [0.1, 0.15) is 0 Å². The Balaban J connectivity index is 2.12. The van der Waals surface area contributed by atoms with Gasteiger partial charge in [-0.2, -0.15) is 0 Å². The number of nitrogens with zero attached hydrogens (tertiary/aromatic N) is 1. The Kier molecular flexibility index (Phi) is 5.36. The molecule has 1 aromatic carbocycles. The molecule has 108 valence electrons. The number of aryl methyl sites for hydroxylation is 1. The maximum atomic E-state index is 12.3.